The number of fused-ring (bicyclic) bond motifs is 2. The third kappa shape index (κ3) is 2.85. The minimum Gasteiger partial charge on any atom is -0.362 e. The fraction of sp³-hybridized carbons (Fsp3) is 0.0500. The molecule has 0 saturated carbocycles. The highest BCUT2D eigenvalue weighted by molar-refractivity contribution is 5.82. The highest BCUT2D eigenvalue weighted by atomic mass is 15.1. The second-order valence-electron chi connectivity index (χ2n) is 6.05. The van der Waals surface area contributed by atoms with Gasteiger partial charge >= 0.3 is 0 Å². The average molecular weight is 353 g/mol. The molecule has 5 aromatic rings. The van der Waals surface area contributed by atoms with E-state index in [1.165, 1.54) is 6.33 Å². The van der Waals surface area contributed by atoms with Gasteiger partial charge in [-0.1, -0.05) is 42.5 Å². The number of H-pyrrole nitrogens is 1. The molecule has 3 heterocycles. The van der Waals surface area contributed by atoms with E-state index in [2.05, 4.69) is 25.3 Å². The fourth-order valence-corrected chi connectivity index (χ4v) is 3.05. The Hall–Kier alpha value is -3.87. The second-order valence-corrected chi connectivity index (χ2v) is 6.05. The first-order chi connectivity index (χ1) is 13.4. The molecule has 0 aliphatic heterocycles. The Morgan fingerprint density at radius 3 is 2.44 bits per heavy atom. The van der Waals surface area contributed by atoms with Crippen molar-refractivity contribution in [2.45, 2.75) is 6.54 Å². The molecule has 2 aromatic carbocycles. The van der Waals surface area contributed by atoms with Crippen molar-refractivity contribution >= 4 is 28.0 Å². The Labute approximate surface area is 154 Å². The van der Waals surface area contributed by atoms with E-state index < -0.39 is 0 Å². The molecular weight excluding hydrogens is 338 g/mol. The first-order valence-electron chi connectivity index (χ1n) is 8.57. The molecule has 0 radical (unpaired) electrons. The largest absolute Gasteiger partial charge is 0.362 e. The van der Waals surface area contributed by atoms with Crippen LogP contribution in [0.5, 0.6) is 0 Å². The van der Waals surface area contributed by atoms with Gasteiger partial charge < -0.3 is 10.3 Å². The monoisotopic (exact) mass is 353 g/mol. The Morgan fingerprint density at radius 2 is 1.59 bits per heavy atom. The maximum atomic E-state index is 4.85. The first kappa shape index (κ1) is 15.4. The standard InChI is InChI=1S/C20H15N7/c1-2-6-13(7-3-1)17-16(26-14-8-4-5-9-15(14)27-17)10-21-19-18-20(23-11-22-18)25-12-24-19/h1-9,11-12H,10H2,(H2,21,22,23,24,25). The van der Waals surface area contributed by atoms with Crippen LogP contribution in [0.25, 0.3) is 33.5 Å². The molecule has 3 aromatic heterocycles. The van der Waals surface area contributed by atoms with Crippen molar-refractivity contribution in [3.63, 3.8) is 0 Å². The third-order valence-electron chi connectivity index (χ3n) is 4.34. The smallest absolute Gasteiger partial charge is 0.182 e. The first-order valence-corrected chi connectivity index (χ1v) is 8.57. The predicted molar refractivity (Wildman–Crippen MR) is 104 cm³/mol. The normalized spacial score (nSPS) is 11.1. The molecule has 2 N–H and O–H groups in total. The molecule has 7 nitrogen and oxygen atoms in total. The van der Waals surface area contributed by atoms with E-state index >= 15 is 0 Å². The maximum absolute atomic E-state index is 4.85. The molecule has 5 rings (SSSR count). The van der Waals surface area contributed by atoms with E-state index in [0.29, 0.717) is 18.0 Å². The van der Waals surface area contributed by atoms with Crippen molar-refractivity contribution in [2.24, 2.45) is 0 Å². The molecule has 0 aliphatic rings. The van der Waals surface area contributed by atoms with E-state index in [-0.39, 0.29) is 0 Å². The van der Waals surface area contributed by atoms with Gasteiger partial charge in [0.15, 0.2) is 11.5 Å². The second kappa shape index (κ2) is 6.45. The van der Waals surface area contributed by atoms with Crippen LogP contribution in [-0.2, 0) is 6.54 Å². The van der Waals surface area contributed by atoms with Gasteiger partial charge in [0.1, 0.15) is 11.8 Å². The molecular formula is C20H15N7. The van der Waals surface area contributed by atoms with Gasteiger partial charge in [-0.2, -0.15) is 0 Å². The summed E-state index contributed by atoms with van der Waals surface area (Å²) in [4.78, 5) is 25.4. The summed E-state index contributed by atoms with van der Waals surface area (Å²) in [6.45, 7) is 0.479. The molecule has 130 valence electrons. The van der Waals surface area contributed by atoms with Crippen molar-refractivity contribution in [1.29, 1.82) is 0 Å². The number of nitrogens with zero attached hydrogens (tertiary/aromatic N) is 5. The number of rotatable bonds is 4. The highest BCUT2D eigenvalue weighted by Crippen LogP contribution is 2.24. The van der Waals surface area contributed by atoms with Crippen molar-refractivity contribution < 1.29 is 0 Å². The predicted octanol–water partition coefficient (Wildman–Crippen LogP) is 3.58. The Balaban J connectivity index is 1.58. The van der Waals surface area contributed by atoms with Gasteiger partial charge in [0.25, 0.3) is 0 Å². The summed E-state index contributed by atoms with van der Waals surface area (Å²) in [6.07, 6.45) is 3.10. The number of aromatic amines is 1. The van der Waals surface area contributed by atoms with Crippen LogP contribution in [0.2, 0.25) is 0 Å². The molecule has 0 spiro atoms. The van der Waals surface area contributed by atoms with Crippen molar-refractivity contribution in [3.8, 4) is 11.3 Å². The average Bonchev–Trinajstić information content (AvgIpc) is 3.22. The van der Waals surface area contributed by atoms with Crippen LogP contribution in [0, 0.1) is 0 Å². The molecule has 0 unspecified atom stereocenters. The van der Waals surface area contributed by atoms with E-state index in [1.807, 2.05) is 54.6 Å². The molecule has 0 aliphatic carbocycles. The highest BCUT2D eigenvalue weighted by Gasteiger charge is 2.12. The van der Waals surface area contributed by atoms with E-state index in [1.54, 1.807) is 6.33 Å². The minimum atomic E-state index is 0.479. The summed E-state index contributed by atoms with van der Waals surface area (Å²) < 4.78 is 0. The summed E-state index contributed by atoms with van der Waals surface area (Å²) in [5, 5.41) is 3.34. The lowest BCUT2D eigenvalue weighted by molar-refractivity contribution is 1.03. The molecule has 0 amide bonds. The van der Waals surface area contributed by atoms with Crippen molar-refractivity contribution in [3.05, 3.63) is 72.9 Å². The zero-order valence-electron chi connectivity index (χ0n) is 14.3. The topological polar surface area (TPSA) is 92.3 Å². The minimum absolute atomic E-state index is 0.479. The lowest BCUT2D eigenvalue weighted by atomic mass is 10.1. The van der Waals surface area contributed by atoms with Crippen LogP contribution < -0.4 is 5.32 Å². The summed E-state index contributed by atoms with van der Waals surface area (Å²) >= 11 is 0. The number of anilines is 1. The Morgan fingerprint density at radius 1 is 0.815 bits per heavy atom. The Bertz CT molecular complexity index is 1230. The zero-order valence-corrected chi connectivity index (χ0v) is 14.3. The number of hydrogen-bond acceptors (Lipinski definition) is 6. The molecule has 0 atom stereocenters. The molecule has 7 heteroatoms. The van der Waals surface area contributed by atoms with Crippen LogP contribution in [0.4, 0.5) is 5.82 Å². The van der Waals surface area contributed by atoms with Gasteiger partial charge in [-0.25, -0.2) is 24.9 Å². The van der Waals surface area contributed by atoms with Gasteiger partial charge in [0.2, 0.25) is 0 Å². The SMILES string of the molecule is c1ccc(-c2nc3ccccc3nc2CNc2ncnc3nc[nH]c23)cc1. The molecule has 0 saturated heterocycles. The number of imidazole rings is 1. The summed E-state index contributed by atoms with van der Waals surface area (Å²) in [6, 6.07) is 18.0. The van der Waals surface area contributed by atoms with Crippen LogP contribution in [0.3, 0.4) is 0 Å². The van der Waals surface area contributed by atoms with Gasteiger partial charge in [0.05, 0.1) is 35.3 Å². The number of benzene rings is 2. The van der Waals surface area contributed by atoms with Gasteiger partial charge in [0, 0.05) is 5.56 Å². The molecule has 27 heavy (non-hydrogen) atoms. The summed E-state index contributed by atoms with van der Waals surface area (Å²) in [5.41, 5.74) is 5.87. The van der Waals surface area contributed by atoms with Gasteiger partial charge in [-0.3, -0.25) is 0 Å². The zero-order chi connectivity index (χ0) is 18.1. The maximum Gasteiger partial charge on any atom is 0.182 e. The number of aromatic nitrogens is 6. The quantitative estimate of drug-likeness (QED) is 0.513. The van der Waals surface area contributed by atoms with Gasteiger partial charge in [-0.05, 0) is 12.1 Å². The van der Waals surface area contributed by atoms with Crippen LogP contribution in [-0.4, -0.2) is 29.9 Å². The van der Waals surface area contributed by atoms with Crippen molar-refractivity contribution in [1.82, 2.24) is 29.9 Å². The van der Waals surface area contributed by atoms with Crippen molar-refractivity contribution in [2.75, 3.05) is 5.32 Å². The molecule has 0 bridgehead atoms. The van der Waals surface area contributed by atoms with E-state index in [9.17, 15) is 0 Å². The number of para-hydroxylation sites is 2. The van der Waals surface area contributed by atoms with Crippen LogP contribution >= 0.6 is 0 Å². The number of nitrogens with one attached hydrogen (secondary N) is 2. The van der Waals surface area contributed by atoms with E-state index in [0.717, 1.165) is 33.5 Å². The van der Waals surface area contributed by atoms with Crippen LogP contribution in [0.15, 0.2) is 67.3 Å². The molecule has 0 fully saturated rings. The van der Waals surface area contributed by atoms with Crippen LogP contribution in [0.1, 0.15) is 5.69 Å². The lowest BCUT2D eigenvalue weighted by Gasteiger charge is -2.11. The lowest BCUT2D eigenvalue weighted by Crippen LogP contribution is -2.07. The van der Waals surface area contributed by atoms with E-state index in [4.69, 9.17) is 9.97 Å². The summed E-state index contributed by atoms with van der Waals surface area (Å²) in [5.74, 6) is 0.687. The third-order valence-corrected chi connectivity index (χ3v) is 4.34. The fourth-order valence-electron chi connectivity index (χ4n) is 3.05. The number of hydrogen-bond donors (Lipinski definition) is 2. The summed E-state index contributed by atoms with van der Waals surface area (Å²) in [7, 11) is 0. The van der Waals surface area contributed by atoms with Gasteiger partial charge in [-0.15, -0.1) is 0 Å². The Kier molecular flexibility index (Phi) is 3.68.